The lowest BCUT2D eigenvalue weighted by atomic mass is 10.1. The van der Waals surface area contributed by atoms with Crippen LogP contribution in [0.5, 0.6) is 5.88 Å². The van der Waals surface area contributed by atoms with Crippen LogP contribution in [0.2, 0.25) is 0 Å². The Balaban J connectivity index is 1.43. The molecule has 0 saturated carbocycles. The number of halogens is 3. The molecule has 0 aliphatic heterocycles. The fourth-order valence-corrected chi connectivity index (χ4v) is 3.91. The van der Waals surface area contributed by atoms with Crippen LogP contribution in [0.1, 0.15) is 34.0 Å². The van der Waals surface area contributed by atoms with Gasteiger partial charge in [-0.2, -0.15) is 0 Å². The lowest BCUT2D eigenvalue weighted by Gasteiger charge is -2.09. The normalized spacial score (nSPS) is 11.3. The van der Waals surface area contributed by atoms with E-state index in [0.717, 1.165) is 38.7 Å². The third kappa shape index (κ3) is 4.95. The Labute approximate surface area is 204 Å². The summed E-state index contributed by atoms with van der Waals surface area (Å²) in [6.45, 7) is 5.58. The number of carbonyl (C=O) groups is 1. The van der Waals surface area contributed by atoms with Crippen molar-refractivity contribution in [1.82, 2.24) is 14.9 Å². The predicted molar refractivity (Wildman–Crippen MR) is 132 cm³/mol. The van der Waals surface area contributed by atoms with Crippen LogP contribution in [0.25, 0.3) is 22.6 Å². The highest BCUT2D eigenvalue weighted by Gasteiger charge is 2.15. The number of aromatic nitrogens is 2. The van der Waals surface area contributed by atoms with E-state index in [-0.39, 0.29) is 30.1 Å². The number of nitrogens with one attached hydrogen (secondary N) is 2. The summed E-state index contributed by atoms with van der Waals surface area (Å²) < 4.78 is 41.3. The number of nitrogens with zero attached hydrogens (tertiary/aromatic N) is 1. The van der Waals surface area contributed by atoms with E-state index in [0.29, 0.717) is 5.56 Å². The summed E-state index contributed by atoms with van der Waals surface area (Å²) in [6, 6.07) is 9.96. The van der Waals surface area contributed by atoms with Gasteiger partial charge in [0.1, 0.15) is 5.56 Å². The van der Waals surface area contributed by atoms with Gasteiger partial charge in [0, 0.05) is 29.2 Å². The molecule has 9 heteroatoms. The van der Waals surface area contributed by atoms with E-state index in [1.54, 1.807) is 12.2 Å². The van der Waals surface area contributed by atoms with E-state index in [9.17, 15) is 27.9 Å². The minimum Gasteiger partial charge on any atom is -0.494 e. The van der Waals surface area contributed by atoms with Crippen LogP contribution in [0.4, 0.5) is 13.2 Å². The molecule has 4 aromatic rings. The lowest BCUT2D eigenvalue weighted by molar-refractivity contribution is 0.0956. The van der Waals surface area contributed by atoms with Gasteiger partial charge in [-0.05, 0) is 54.0 Å². The van der Waals surface area contributed by atoms with E-state index < -0.39 is 28.9 Å². The Kier molecular flexibility index (Phi) is 6.82. The molecule has 0 unspecified atom stereocenters. The van der Waals surface area contributed by atoms with E-state index in [4.69, 9.17) is 0 Å². The van der Waals surface area contributed by atoms with Crippen molar-refractivity contribution in [2.75, 3.05) is 6.54 Å². The van der Waals surface area contributed by atoms with Crippen molar-refractivity contribution in [2.45, 2.75) is 13.5 Å². The number of carbonyl (C=O) groups excluding carboxylic acids is 1. The molecule has 0 aliphatic carbocycles. The monoisotopic (exact) mass is 493 g/mol. The molecule has 3 N–H and O–H groups in total. The standard InChI is InChI=1S/C27H22F3N3O3/c1-15(2)23-18-8-7-16(13-22(18)32-26(23)35)5-3-9-31-25(34)19-6-4-10-33(27(19)36)14-17-11-20(28)24(30)21(29)12-17/h3-8,10-13,32,35H,1,9,14H2,2H3,(H,31,34). The predicted octanol–water partition coefficient (Wildman–Crippen LogP) is 4.98. The Morgan fingerprint density at radius 3 is 2.58 bits per heavy atom. The number of pyridine rings is 1. The van der Waals surface area contributed by atoms with E-state index in [2.05, 4.69) is 16.9 Å². The summed E-state index contributed by atoms with van der Waals surface area (Å²) >= 11 is 0. The summed E-state index contributed by atoms with van der Waals surface area (Å²) in [5, 5.41) is 13.5. The number of aromatic amines is 1. The first-order chi connectivity index (χ1) is 17.2. The lowest BCUT2D eigenvalue weighted by Crippen LogP contribution is -2.33. The smallest absolute Gasteiger partial charge is 0.263 e. The number of hydrogen-bond donors (Lipinski definition) is 3. The second kappa shape index (κ2) is 9.99. The van der Waals surface area contributed by atoms with Crippen LogP contribution in [-0.4, -0.2) is 27.1 Å². The van der Waals surface area contributed by atoms with Crippen LogP contribution >= 0.6 is 0 Å². The maximum atomic E-state index is 13.5. The third-order valence-electron chi connectivity index (χ3n) is 5.58. The van der Waals surface area contributed by atoms with Gasteiger partial charge >= 0.3 is 0 Å². The zero-order chi connectivity index (χ0) is 26.0. The fourth-order valence-electron chi connectivity index (χ4n) is 3.91. The van der Waals surface area contributed by atoms with Crippen molar-refractivity contribution in [2.24, 2.45) is 0 Å². The number of benzene rings is 2. The molecule has 0 saturated heterocycles. The highest BCUT2D eigenvalue weighted by atomic mass is 19.2. The van der Waals surface area contributed by atoms with E-state index >= 15 is 0 Å². The first-order valence-corrected chi connectivity index (χ1v) is 10.9. The summed E-state index contributed by atoms with van der Waals surface area (Å²) in [6.07, 6.45) is 4.85. The van der Waals surface area contributed by atoms with Crippen molar-refractivity contribution < 1.29 is 23.1 Å². The Hall–Kier alpha value is -4.53. The molecule has 2 aromatic heterocycles. The van der Waals surface area contributed by atoms with Gasteiger partial charge in [-0.15, -0.1) is 0 Å². The number of fused-ring (bicyclic) bond motifs is 1. The summed E-state index contributed by atoms with van der Waals surface area (Å²) in [5.74, 6) is -4.88. The molecular formula is C27H22F3N3O3. The molecule has 0 spiro atoms. The van der Waals surface area contributed by atoms with Gasteiger partial charge in [0.2, 0.25) is 0 Å². The molecule has 6 nitrogen and oxygen atoms in total. The van der Waals surface area contributed by atoms with Gasteiger partial charge in [0.25, 0.3) is 11.5 Å². The Morgan fingerprint density at radius 1 is 1.17 bits per heavy atom. The van der Waals surface area contributed by atoms with Crippen LogP contribution in [0.3, 0.4) is 0 Å². The number of amides is 1. The highest BCUT2D eigenvalue weighted by molar-refractivity contribution is 5.96. The first-order valence-electron chi connectivity index (χ1n) is 10.9. The molecule has 4 rings (SSSR count). The average Bonchev–Trinajstić information content (AvgIpc) is 3.16. The number of hydrogen-bond acceptors (Lipinski definition) is 3. The van der Waals surface area contributed by atoms with Crippen molar-refractivity contribution in [3.63, 3.8) is 0 Å². The topological polar surface area (TPSA) is 87.1 Å². The number of allylic oxidation sites excluding steroid dienone is 1. The summed E-state index contributed by atoms with van der Waals surface area (Å²) in [4.78, 5) is 28.2. The van der Waals surface area contributed by atoms with Gasteiger partial charge in [0.05, 0.1) is 6.54 Å². The maximum absolute atomic E-state index is 13.5. The quantitative estimate of drug-likeness (QED) is 0.318. The van der Waals surface area contributed by atoms with Crippen molar-refractivity contribution in [3.8, 4) is 5.88 Å². The van der Waals surface area contributed by atoms with E-state index in [1.807, 2.05) is 25.1 Å². The number of rotatable bonds is 7. The molecule has 2 aromatic carbocycles. The Morgan fingerprint density at radius 2 is 1.89 bits per heavy atom. The fraction of sp³-hybridized carbons (Fsp3) is 0.111. The molecule has 2 heterocycles. The molecule has 1 amide bonds. The number of H-pyrrole nitrogens is 1. The van der Waals surface area contributed by atoms with Crippen molar-refractivity contribution in [1.29, 1.82) is 0 Å². The maximum Gasteiger partial charge on any atom is 0.263 e. The Bertz CT molecular complexity index is 1560. The third-order valence-corrected chi connectivity index (χ3v) is 5.58. The van der Waals surface area contributed by atoms with Crippen LogP contribution in [0, 0.1) is 17.5 Å². The summed E-state index contributed by atoms with van der Waals surface area (Å²) in [7, 11) is 0. The van der Waals surface area contributed by atoms with Crippen LogP contribution in [0.15, 0.2) is 66.1 Å². The molecule has 0 fully saturated rings. The van der Waals surface area contributed by atoms with Crippen LogP contribution in [-0.2, 0) is 6.54 Å². The first kappa shape index (κ1) is 24.6. The second-order valence-electron chi connectivity index (χ2n) is 8.27. The second-order valence-corrected chi connectivity index (χ2v) is 8.27. The minimum absolute atomic E-state index is 0.0386. The van der Waals surface area contributed by atoms with Gasteiger partial charge in [-0.3, -0.25) is 9.59 Å². The highest BCUT2D eigenvalue weighted by Crippen LogP contribution is 2.32. The molecule has 0 aliphatic rings. The molecule has 184 valence electrons. The van der Waals surface area contributed by atoms with Gasteiger partial charge in [0.15, 0.2) is 23.3 Å². The van der Waals surface area contributed by atoms with Gasteiger partial charge in [-0.1, -0.05) is 30.9 Å². The number of aromatic hydroxyl groups is 1. The van der Waals surface area contributed by atoms with Gasteiger partial charge in [-0.25, -0.2) is 13.2 Å². The molecule has 0 radical (unpaired) electrons. The summed E-state index contributed by atoms with van der Waals surface area (Å²) in [5.41, 5.74) is 2.20. The van der Waals surface area contributed by atoms with E-state index in [1.165, 1.54) is 18.3 Å². The largest absolute Gasteiger partial charge is 0.494 e. The molecular weight excluding hydrogens is 471 g/mol. The zero-order valence-corrected chi connectivity index (χ0v) is 19.2. The molecule has 36 heavy (non-hydrogen) atoms. The minimum atomic E-state index is -1.59. The van der Waals surface area contributed by atoms with Crippen molar-refractivity contribution in [3.05, 3.63) is 111 Å². The van der Waals surface area contributed by atoms with Crippen LogP contribution < -0.4 is 10.9 Å². The SMILES string of the molecule is C=C(C)c1c(O)[nH]c2cc(C=CCNC(=O)c3cccn(Cc4cc(F)c(F)c(F)c4)c3=O)ccc12. The van der Waals surface area contributed by atoms with Crippen molar-refractivity contribution >= 4 is 28.5 Å². The van der Waals surface area contributed by atoms with Gasteiger partial charge < -0.3 is 20.0 Å². The zero-order valence-electron chi connectivity index (χ0n) is 19.2. The average molecular weight is 493 g/mol. The molecule has 0 bridgehead atoms. The molecule has 0 atom stereocenters.